The van der Waals surface area contributed by atoms with Gasteiger partial charge in [-0.2, -0.15) is 0 Å². The van der Waals surface area contributed by atoms with E-state index in [9.17, 15) is 0 Å². The summed E-state index contributed by atoms with van der Waals surface area (Å²) in [5.41, 5.74) is 7.48. The smallest absolute Gasteiger partial charge is 0.231 e. The molecule has 8 heteroatoms. The van der Waals surface area contributed by atoms with E-state index in [0.717, 1.165) is 0 Å². The lowest BCUT2D eigenvalue weighted by Gasteiger charge is -2.22. The molecule has 0 spiro atoms. The van der Waals surface area contributed by atoms with Gasteiger partial charge in [0, 0.05) is 18.3 Å². The molecule has 8 nitrogen and oxygen atoms in total. The van der Waals surface area contributed by atoms with E-state index < -0.39 is 0 Å². The van der Waals surface area contributed by atoms with Crippen LogP contribution in [-0.2, 0) is 0 Å². The zero-order chi connectivity index (χ0) is 19.1. The Hall–Kier alpha value is -3.13. The van der Waals surface area contributed by atoms with Gasteiger partial charge in [0.15, 0.2) is 11.5 Å². The normalized spacial score (nSPS) is 12.1. The van der Waals surface area contributed by atoms with Gasteiger partial charge in [0.05, 0.1) is 37.5 Å². The summed E-state index contributed by atoms with van der Waals surface area (Å²) in [5, 5.41) is 1.40. The summed E-state index contributed by atoms with van der Waals surface area (Å²) < 4.78 is 21.2. The molecular formula is C18H24N4O4. The fraction of sp³-hybridized carbons (Fsp3) is 0.278. The second kappa shape index (κ2) is 8.82. The van der Waals surface area contributed by atoms with Gasteiger partial charge in [-0.25, -0.2) is 5.84 Å². The highest BCUT2D eigenvalue weighted by Gasteiger charge is 2.23. The Kier molecular flexibility index (Phi) is 6.51. The van der Waals surface area contributed by atoms with Gasteiger partial charge in [0.25, 0.3) is 0 Å². The van der Waals surface area contributed by atoms with Crippen molar-refractivity contribution in [2.45, 2.75) is 13.8 Å². The number of nitrogens with zero attached hydrogens (tertiary/aromatic N) is 2. The highest BCUT2D eigenvalue weighted by molar-refractivity contribution is 5.78. The van der Waals surface area contributed by atoms with Crippen molar-refractivity contribution in [3.05, 3.63) is 42.4 Å². The van der Waals surface area contributed by atoms with Crippen LogP contribution in [0, 0.1) is 0 Å². The summed E-state index contributed by atoms with van der Waals surface area (Å²) in [4.78, 5) is 4.30. The number of ether oxygens (including phenoxy) is 4. The maximum absolute atomic E-state index is 6.23. The molecular weight excluding hydrogens is 336 g/mol. The van der Waals surface area contributed by atoms with E-state index in [4.69, 9.17) is 30.5 Å². The minimum atomic E-state index is 0.138. The molecule has 3 rings (SSSR count). The fourth-order valence-electron chi connectivity index (χ4n) is 2.34. The summed E-state index contributed by atoms with van der Waals surface area (Å²) in [6, 6.07) is 7.03. The van der Waals surface area contributed by atoms with Crippen molar-refractivity contribution in [3.8, 4) is 23.0 Å². The van der Waals surface area contributed by atoms with Crippen molar-refractivity contribution in [3.63, 3.8) is 0 Å². The Morgan fingerprint density at radius 3 is 2.54 bits per heavy atom. The molecule has 2 aromatic rings. The van der Waals surface area contributed by atoms with Crippen LogP contribution in [0.25, 0.3) is 5.70 Å². The van der Waals surface area contributed by atoms with Gasteiger partial charge in [0.2, 0.25) is 12.5 Å². The number of nitrogens with two attached hydrogens (primary N) is 2. The second-order valence-corrected chi connectivity index (χ2v) is 4.89. The number of pyridine rings is 1. The number of benzene rings is 1. The molecule has 0 atom stereocenters. The van der Waals surface area contributed by atoms with Crippen molar-refractivity contribution in [2.24, 2.45) is 11.6 Å². The van der Waals surface area contributed by atoms with Crippen LogP contribution in [0.1, 0.15) is 19.5 Å². The highest BCUT2D eigenvalue weighted by Crippen LogP contribution is 2.44. The zero-order valence-electron chi connectivity index (χ0n) is 15.4. The molecule has 0 amide bonds. The molecule has 0 radical (unpaired) electrons. The molecule has 1 aromatic heterocycles. The Morgan fingerprint density at radius 2 is 1.96 bits per heavy atom. The van der Waals surface area contributed by atoms with E-state index in [2.05, 4.69) is 4.98 Å². The van der Waals surface area contributed by atoms with E-state index in [1.165, 1.54) is 11.2 Å². The van der Waals surface area contributed by atoms with Crippen LogP contribution in [0.4, 0.5) is 5.69 Å². The van der Waals surface area contributed by atoms with Gasteiger partial charge >= 0.3 is 0 Å². The first-order valence-corrected chi connectivity index (χ1v) is 8.12. The van der Waals surface area contributed by atoms with E-state index >= 15 is 0 Å². The zero-order valence-corrected chi connectivity index (χ0v) is 15.4. The standard InChI is InChI=1S/C16H18N4O4.C2H6/c1-21-11-3-4-12(19-8-11)13(7-17)20(18)10-5-14(22-2)16-15(6-10)23-9-24-16;1-2/h3-8H,9,17-18H2,1-2H3;1-2H3/b13-7-;. The second-order valence-electron chi connectivity index (χ2n) is 4.89. The molecule has 0 fully saturated rings. The third-order valence-electron chi connectivity index (χ3n) is 3.57. The molecule has 1 aliphatic heterocycles. The van der Waals surface area contributed by atoms with Crippen LogP contribution < -0.4 is 35.5 Å². The molecule has 0 aliphatic carbocycles. The molecule has 0 bridgehead atoms. The van der Waals surface area contributed by atoms with Crippen molar-refractivity contribution in [1.82, 2.24) is 4.98 Å². The van der Waals surface area contributed by atoms with Crippen LogP contribution in [0.3, 0.4) is 0 Å². The van der Waals surface area contributed by atoms with Crippen LogP contribution >= 0.6 is 0 Å². The Morgan fingerprint density at radius 1 is 1.19 bits per heavy atom. The monoisotopic (exact) mass is 360 g/mol. The van der Waals surface area contributed by atoms with Crippen molar-refractivity contribution in [2.75, 3.05) is 26.0 Å². The van der Waals surface area contributed by atoms with Crippen LogP contribution in [0.5, 0.6) is 23.0 Å². The Labute approximate surface area is 152 Å². The fourth-order valence-corrected chi connectivity index (χ4v) is 2.34. The largest absolute Gasteiger partial charge is 0.495 e. The molecule has 2 heterocycles. The van der Waals surface area contributed by atoms with Crippen molar-refractivity contribution < 1.29 is 18.9 Å². The summed E-state index contributed by atoms with van der Waals surface area (Å²) in [6.07, 6.45) is 2.97. The maximum Gasteiger partial charge on any atom is 0.231 e. The van der Waals surface area contributed by atoms with Gasteiger partial charge in [-0.05, 0) is 12.1 Å². The number of anilines is 1. The number of rotatable bonds is 5. The molecule has 1 aromatic carbocycles. The first-order chi connectivity index (χ1) is 12.7. The minimum absolute atomic E-state index is 0.138. The van der Waals surface area contributed by atoms with Crippen LogP contribution in [0.2, 0.25) is 0 Å². The summed E-state index contributed by atoms with van der Waals surface area (Å²) in [6.45, 7) is 4.14. The van der Waals surface area contributed by atoms with Gasteiger partial charge in [-0.15, -0.1) is 0 Å². The molecule has 26 heavy (non-hydrogen) atoms. The molecule has 0 saturated heterocycles. The Balaban J connectivity index is 0.00000117. The minimum Gasteiger partial charge on any atom is -0.495 e. The van der Waals surface area contributed by atoms with Gasteiger partial charge in [0.1, 0.15) is 5.75 Å². The summed E-state index contributed by atoms with van der Waals surface area (Å²) in [7, 11) is 3.12. The summed E-state index contributed by atoms with van der Waals surface area (Å²) >= 11 is 0. The van der Waals surface area contributed by atoms with E-state index in [1.807, 2.05) is 13.8 Å². The first kappa shape index (κ1) is 19.2. The molecule has 4 N–H and O–H groups in total. The highest BCUT2D eigenvalue weighted by atomic mass is 16.7. The quantitative estimate of drug-likeness (QED) is 0.619. The average Bonchev–Trinajstić information content (AvgIpc) is 3.18. The predicted molar refractivity (Wildman–Crippen MR) is 100 cm³/mol. The third kappa shape index (κ3) is 3.75. The lowest BCUT2D eigenvalue weighted by Crippen LogP contribution is -2.30. The first-order valence-electron chi connectivity index (χ1n) is 8.12. The lowest BCUT2D eigenvalue weighted by molar-refractivity contribution is 0.171. The number of methoxy groups -OCH3 is 2. The van der Waals surface area contributed by atoms with E-state index in [0.29, 0.717) is 40.1 Å². The number of fused-ring (bicyclic) bond motifs is 1. The van der Waals surface area contributed by atoms with E-state index in [1.54, 1.807) is 44.7 Å². The maximum atomic E-state index is 6.23. The van der Waals surface area contributed by atoms with E-state index in [-0.39, 0.29) is 6.79 Å². The predicted octanol–water partition coefficient (Wildman–Crippen LogP) is 2.49. The number of aromatic nitrogens is 1. The topological polar surface area (TPSA) is 105 Å². The Bertz CT molecular complexity index is 763. The number of hydrogen-bond acceptors (Lipinski definition) is 8. The van der Waals surface area contributed by atoms with Gasteiger partial charge in [-0.3, -0.25) is 9.99 Å². The van der Waals surface area contributed by atoms with Crippen LogP contribution in [0.15, 0.2) is 36.7 Å². The van der Waals surface area contributed by atoms with Crippen molar-refractivity contribution in [1.29, 1.82) is 0 Å². The molecule has 0 saturated carbocycles. The number of hydrogen-bond donors (Lipinski definition) is 2. The van der Waals surface area contributed by atoms with Crippen molar-refractivity contribution >= 4 is 11.4 Å². The van der Waals surface area contributed by atoms with Gasteiger partial charge < -0.3 is 24.7 Å². The van der Waals surface area contributed by atoms with Crippen LogP contribution in [-0.4, -0.2) is 26.0 Å². The summed E-state index contributed by atoms with van der Waals surface area (Å²) in [5.74, 6) is 8.50. The third-order valence-corrected chi connectivity index (χ3v) is 3.57. The average molecular weight is 360 g/mol. The molecule has 1 aliphatic rings. The molecule has 140 valence electrons. The molecule has 0 unspecified atom stereocenters. The number of hydrazine groups is 1. The lowest BCUT2D eigenvalue weighted by atomic mass is 10.2. The van der Waals surface area contributed by atoms with Gasteiger partial charge in [-0.1, -0.05) is 13.8 Å². The SMILES string of the molecule is CC.COc1ccc(/C(=C/N)N(N)c2cc(OC)c3c(c2)OCO3)nc1.